The van der Waals surface area contributed by atoms with Crippen LogP contribution in [0, 0.1) is 5.92 Å². The summed E-state index contributed by atoms with van der Waals surface area (Å²) in [6, 6.07) is 0. The van der Waals surface area contributed by atoms with Crippen molar-refractivity contribution in [3.05, 3.63) is 23.8 Å². The zero-order valence-electron chi connectivity index (χ0n) is 9.69. The third kappa shape index (κ3) is 7.83. The van der Waals surface area contributed by atoms with E-state index in [-0.39, 0.29) is 0 Å². The van der Waals surface area contributed by atoms with Gasteiger partial charge in [-0.05, 0) is 32.6 Å². The minimum Gasteiger partial charge on any atom is -0.0998 e. The van der Waals surface area contributed by atoms with Crippen LogP contribution in [0.1, 0.15) is 53.4 Å². The number of hydrogen-bond acceptors (Lipinski definition) is 0. The molecule has 76 valence electrons. The van der Waals surface area contributed by atoms with Gasteiger partial charge in [-0.2, -0.15) is 0 Å². The Kier molecular flexibility index (Phi) is 6.66. The van der Waals surface area contributed by atoms with Gasteiger partial charge < -0.3 is 0 Å². The van der Waals surface area contributed by atoms with Crippen LogP contribution in [0.3, 0.4) is 0 Å². The molecule has 0 bridgehead atoms. The molecule has 0 heterocycles. The highest BCUT2D eigenvalue weighted by molar-refractivity contribution is 5.06. The lowest BCUT2D eigenvalue weighted by molar-refractivity contribution is 0.519. The molecule has 0 spiro atoms. The maximum absolute atomic E-state index is 3.90. The maximum Gasteiger partial charge on any atom is -0.0142 e. The van der Waals surface area contributed by atoms with Crippen LogP contribution in [0.25, 0.3) is 0 Å². The van der Waals surface area contributed by atoms with Crippen LogP contribution in [0.15, 0.2) is 23.8 Å². The molecular weight excluding hydrogens is 156 g/mol. The van der Waals surface area contributed by atoms with Crippen LogP contribution in [0.2, 0.25) is 0 Å². The maximum atomic E-state index is 3.90. The highest BCUT2D eigenvalue weighted by atomic mass is 14.1. The summed E-state index contributed by atoms with van der Waals surface area (Å²) in [5.74, 6) is 0.839. The van der Waals surface area contributed by atoms with Gasteiger partial charge in [-0.25, -0.2) is 0 Å². The molecular formula is C13H24. The van der Waals surface area contributed by atoms with Gasteiger partial charge in [0.1, 0.15) is 0 Å². The molecule has 0 aromatic rings. The van der Waals surface area contributed by atoms with Crippen molar-refractivity contribution in [1.82, 2.24) is 0 Å². The number of allylic oxidation sites excluding steroid dienone is 3. The molecule has 0 aliphatic carbocycles. The topological polar surface area (TPSA) is 0 Å². The summed E-state index contributed by atoms with van der Waals surface area (Å²) in [6.07, 6.45) is 7.26. The molecule has 0 aliphatic heterocycles. The average molecular weight is 180 g/mol. The molecule has 0 heteroatoms. The van der Waals surface area contributed by atoms with Crippen molar-refractivity contribution >= 4 is 0 Å². The van der Waals surface area contributed by atoms with Crippen molar-refractivity contribution in [3.8, 4) is 0 Å². The van der Waals surface area contributed by atoms with E-state index in [0.29, 0.717) is 0 Å². The Morgan fingerprint density at radius 1 is 1.38 bits per heavy atom. The van der Waals surface area contributed by atoms with E-state index in [1.54, 1.807) is 0 Å². The Hall–Kier alpha value is -0.520. The van der Waals surface area contributed by atoms with Crippen LogP contribution in [0.5, 0.6) is 0 Å². The summed E-state index contributed by atoms with van der Waals surface area (Å²) < 4.78 is 0. The van der Waals surface area contributed by atoms with E-state index < -0.39 is 0 Å². The van der Waals surface area contributed by atoms with E-state index in [0.717, 1.165) is 12.3 Å². The van der Waals surface area contributed by atoms with Crippen LogP contribution in [-0.2, 0) is 0 Å². The molecule has 0 radical (unpaired) electrons. The summed E-state index contributed by atoms with van der Waals surface area (Å²) >= 11 is 0. The van der Waals surface area contributed by atoms with E-state index in [4.69, 9.17) is 0 Å². The van der Waals surface area contributed by atoms with E-state index in [9.17, 15) is 0 Å². The monoisotopic (exact) mass is 180 g/mol. The van der Waals surface area contributed by atoms with Crippen molar-refractivity contribution < 1.29 is 0 Å². The second kappa shape index (κ2) is 6.94. The van der Waals surface area contributed by atoms with Crippen molar-refractivity contribution in [2.24, 2.45) is 5.92 Å². The quantitative estimate of drug-likeness (QED) is 0.519. The van der Waals surface area contributed by atoms with Gasteiger partial charge in [0, 0.05) is 0 Å². The van der Waals surface area contributed by atoms with Gasteiger partial charge >= 0.3 is 0 Å². The Labute approximate surface area is 83.7 Å². The summed E-state index contributed by atoms with van der Waals surface area (Å²) in [4.78, 5) is 0. The van der Waals surface area contributed by atoms with E-state index in [1.165, 1.54) is 30.4 Å². The van der Waals surface area contributed by atoms with Gasteiger partial charge in [0.05, 0.1) is 0 Å². The highest BCUT2D eigenvalue weighted by Gasteiger charge is 2.00. The van der Waals surface area contributed by atoms with Crippen LogP contribution < -0.4 is 0 Å². The molecule has 0 aromatic heterocycles. The first-order chi connectivity index (χ1) is 6.06. The smallest absolute Gasteiger partial charge is 0.0142 e. The molecule has 0 N–H and O–H groups in total. The summed E-state index contributed by atoms with van der Waals surface area (Å²) in [7, 11) is 0. The fraction of sp³-hybridized carbons (Fsp3) is 0.692. The Bertz CT molecular complexity index is 174. The van der Waals surface area contributed by atoms with Gasteiger partial charge in [0.2, 0.25) is 0 Å². The average Bonchev–Trinajstić information content (AvgIpc) is 2.01. The molecule has 0 amide bonds. The molecule has 0 saturated heterocycles. The van der Waals surface area contributed by atoms with Gasteiger partial charge in [0.15, 0.2) is 0 Å². The molecule has 0 aliphatic rings. The zero-order chi connectivity index (χ0) is 10.3. The minimum absolute atomic E-state index is 0.839. The summed E-state index contributed by atoms with van der Waals surface area (Å²) in [6.45, 7) is 12.8. The predicted octanol–water partition coefficient (Wildman–Crippen LogP) is 4.73. The summed E-state index contributed by atoms with van der Waals surface area (Å²) in [5.41, 5.74) is 2.77. The lowest BCUT2D eigenvalue weighted by Crippen LogP contribution is -1.94. The van der Waals surface area contributed by atoms with E-state index >= 15 is 0 Å². The number of hydrogen-bond donors (Lipinski definition) is 0. The Balaban J connectivity index is 3.77. The normalized spacial score (nSPS) is 14.3. The van der Waals surface area contributed by atoms with Crippen molar-refractivity contribution in [3.63, 3.8) is 0 Å². The lowest BCUT2D eigenvalue weighted by Gasteiger charge is -2.09. The third-order valence-corrected chi connectivity index (χ3v) is 2.25. The molecule has 1 unspecified atom stereocenters. The summed E-state index contributed by atoms with van der Waals surface area (Å²) in [5, 5.41) is 0. The Morgan fingerprint density at radius 3 is 2.46 bits per heavy atom. The fourth-order valence-corrected chi connectivity index (χ4v) is 1.58. The van der Waals surface area contributed by atoms with Crippen LogP contribution >= 0.6 is 0 Å². The van der Waals surface area contributed by atoms with Crippen LogP contribution in [0.4, 0.5) is 0 Å². The van der Waals surface area contributed by atoms with Crippen molar-refractivity contribution in [2.45, 2.75) is 53.4 Å². The lowest BCUT2D eigenvalue weighted by atomic mass is 9.97. The predicted molar refractivity (Wildman–Crippen MR) is 61.9 cm³/mol. The zero-order valence-corrected chi connectivity index (χ0v) is 9.69. The molecule has 13 heavy (non-hydrogen) atoms. The molecule has 0 nitrogen and oxygen atoms in total. The Morgan fingerprint density at radius 2 is 2.00 bits per heavy atom. The molecule has 0 saturated carbocycles. The fourth-order valence-electron chi connectivity index (χ4n) is 1.58. The minimum atomic E-state index is 0.839. The van der Waals surface area contributed by atoms with Gasteiger partial charge in [-0.1, -0.05) is 50.5 Å². The molecule has 1 atom stereocenters. The standard InChI is InChI=1S/C13H24/c1-6-7-12(4)10-13(5)9-8-11(2)3/h9,12H,2,6-8,10H2,1,3-5H3. The SMILES string of the molecule is C=C(C)CC=C(C)CC(C)CCC. The van der Waals surface area contributed by atoms with Crippen molar-refractivity contribution in [2.75, 3.05) is 0 Å². The van der Waals surface area contributed by atoms with E-state index in [1.807, 2.05) is 0 Å². The van der Waals surface area contributed by atoms with Crippen LogP contribution in [-0.4, -0.2) is 0 Å². The first-order valence-electron chi connectivity index (χ1n) is 5.36. The number of rotatable bonds is 6. The van der Waals surface area contributed by atoms with Crippen molar-refractivity contribution in [1.29, 1.82) is 0 Å². The second-order valence-electron chi connectivity index (χ2n) is 4.31. The first-order valence-corrected chi connectivity index (χ1v) is 5.36. The largest absolute Gasteiger partial charge is 0.0998 e. The second-order valence-corrected chi connectivity index (χ2v) is 4.31. The molecule has 0 rings (SSSR count). The van der Waals surface area contributed by atoms with Gasteiger partial charge in [-0.15, -0.1) is 0 Å². The highest BCUT2D eigenvalue weighted by Crippen LogP contribution is 2.16. The molecule has 0 fully saturated rings. The van der Waals surface area contributed by atoms with Gasteiger partial charge in [0.25, 0.3) is 0 Å². The third-order valence-electron chi connectivity index (χ3n) is 2.25. The first kappa shape index (κ1) is 12.5. The molecule has 0 aromatic carbocycles. The van der Waals surface area contributed by atoms with Gasteiger partial charge in [-0.3, -0.25) is 0 Å². The van der Waals surface area contributed by atoms with E-state index in [2.05, 4.69) is 40.3 Å².